The highest BCUT2D eigenvalue weighted by Gasteiger charge is 2.14. The summed E-state index contributed by atoms with van der Waals surface area (Å²) in [5.74, 6) is -0.579. The normalized spacial score (nSPS) is 11.2. The number of nitrogens with zero attached hydrogens (tertiary/aromatic N) is 1. The van der Waals surface area contributed by atoms with E-state index in [1.54, 1.807) is 0 Å². The van der Waals surface area contributed by atoms with Gasteiger partial charge in [-0.2, -0.15) is 0 Å². The molecule has 0 bridgehead atoms. The van der Waals surface area contributed by atoms with Crippen molar-refractivity contribution in [2.75, 3.05) is 4.72 Å². The molecule has 0 radical (unpaired) electrons. The summed E-state index contributed by atoms with van der Waals surface area (Å²) in [6.07, 6.45) is 1.96. The van der Waals surface area contributed by atoms with Crippen LogP contribution in [0.3, 0.4) is 0 Å². The van der Waals surface area contributed by atoms with Crippen molar-refractivity contribution < 1.29 is 12.8 Å². The van der Waals surface area contributed by atoms with Crippen molar-refractivity contribution in [1.82, 2.24) is 9.97 Å². The largest absolute Gasteiger partial charge is 0.328 e. The van der Waals surface area contributed by atoms with E-state index in [2.05, 4.69) is 14.7 Å². The molecule has 0 aromatic carbocycles. The summed E-state index contributed by atoms with van der Waals surface area (Å²) in [4.78, 5) is 16.5. The zero-order chi connectivity index (χ0) is 13.2. The van der Waals surface area contributed by atoms with Gasteiger partial charge in [-0.15, -0.1) is 0 Å². The standard InChI is InChI=1S/C10H8FN3O3S/c11-7-1-3-9(12-5-7)14-18(16,17)8-2-4-10(15)13-6-8/h1-6H,(H,12,14)(H,13,15). The van der Waals surface area contributed by atoms with E-state index in [-0.39, 0.29) is 10.7 Å². The maximum absolute atomic E-state index is 12.6. The van der Waals surface area contributed by atoms with E-state index < -0.39 is 21.4 Å². The number of anilines is 1. The molecule has 6 nitrogen and oxygen atoms in total. The van der Waals surface area contributed by atoms with E-state index >= 15 is 0 Å². The Labute approximate surface area is 102 Å². The first-order chi connectivity index (χ1) is 8.47. The third-order valence-corrected chi connectivity index (χ3v) is 3.38. The van der Waals surface area contributed by atoms with Gasteiger partial charge in [-0.1, -0.05) is 0 Å². The molecule has 2 N–H and O–H groups in total. The molecule has 0 fully saturated rings. The molecule has 0 unspecified atom stereocenters. The van der Waals surface area contributed by atoms with E-state index in [1.807, 2.05) is 0 Å². The Kier molecular flexibility index (Phi) is 3.11. The Balaban J connectivity index is 2.29. The first kappa shape index (κ1) is 12.2. The van der Waals surface area contributed by atoms with Crippen molar-refractivity contribution in [3.8, 4) is 0 Å². The van der Waals surface area contributed by atoms with Crippen LogP contribution < -0.4 is 10.3 Å². The number of hydrogen-bond acceptors (Lipinski definition) is 4. The Bertz CT molecular complexity index is 689. The first-order valence-corrected chi connectivity index (χ1v) is 6.29. The maximum Gasteiger partial charge on any atom is 0.264 e. The van der Waals surface area contributed by atoms with E-state index in [4.69, 9.17) is 0 Å². The highest BCUT2D eigenvalue weighted by atomic mass is 32.2. The number of aromatic amines is 1. The van der Waals surface area contributed by atoms with Crippen LogP contribution in [0.2, 0.25) is 0 Å². The van der Waals surface area contributed by atoms with Gasteiger partial charge >= 0.3 is 0 Å². The number of sulfonamides is 1. The van der Waals surface area contributed by atoms with E-state index in [1.165, 1.54) is 6.07 Å². The molecule has 2 heterocycles. The summed E-state index contributed by atoms with van der Waals surface area (Å²) in [6.45, 7) is 0. The van der Waals surface area contributed by atoms with Crippen molar-refractivity contribution in [1.29, 1.82) is 0 Å². The quantitative estimate of drug-likeness (QED) is 0.858. The van der Waals surface area contributed by atoms with Crippen LogP contribution in [0, 0.1) is 5.82 Å². The van der Waals surface area contributed by atoms with Crippen molar-refractivity contribution in [2.45, 2.75) is 4.90 Å². The molecule has 0 aliphatic carbocycles. The molecule has 8 heteroatoms. The van der Waals surface area contributed by atoms with Crippen molar-refractivity contribution >= 4 is 15.8 Å². The Hall–Kier alpha value is -2.22. The molecular formula is C10H8FN3O3S. The van der Waals surface area contributed by atoms with Crippen LogP contribution in [0.1, 0.15) is 0 Å². The lowest BCUT2D eigenvalue weighted by atomic mass is 10.5. The van der Waals surface area contributed by atoms with Gasteiger partial charge in [-0.3, -0.25) is 9.52 Å². The first-order valence-electron chi connectivity index (χ1n) is 4.80. The number of nitrogens with one attached hydrogen (secondary N) is 2. The third-order valence-electron chi connectivity index (χ3n) is 2.03. The molecule has 0 spiro atoms. The summed E-state index contributed by atoms with van der Waals surface area (Å²) in [6, 6.07) is 4.52. The molecule has 0 saturated carbocycles. The van der Waals surface area contributed by atoms with Crippen molar-refractivity contribution in [3.63, 3.8) is 0 Å². The summed E-state index contributed by atoms with van der Waals surface area (Å²) in [7, 11) is -3.85. The minimum atomic E-state index is -3.85. The predicted molar refractivity (Wildman–Crippen MR) is 62.1 cm³/mol. The average molecular weight is 269 g/mol. The lowest BCUT2D eigenvalue weighted by Crippen LogP contribution is -2.15. The van der Waals surface area contributed by atoms with Crippen LogP contribution in [-0.2, 0) is 10.0 Å². The second-order valence-corrected chi connectivity index (χ2v) is 5.04. The molecule has 0 aliphatic heterocycles. The SMILES string of the molecule is O=c1ccc(S(=O)(=O)Nc2ccc(F)cn2)c[nH]1. The van der Waals surface area contributed by atoms with Crippen molar-refractivity contribution in [3.05, 3.63) is 52.8 Å². The number of halogens is 1. The van der Waals surface area contributed by atoms with Crippen molar-refractivity contribution in [2.24, 2.45) is 0 Å². The van der Waals surface area contributed by atoms with Crippen LogP contribution >= 0.6 is 0 Å². The maximum atomic E-state index is 12.6. The van der Waals surface area contributed by atoms with E-state index in [9.17, 15) is 17.6 Å². The van der Waals surface area contributed by atoms with Gasteiger partial charge in [-0.25, -0.2) is 17.8 Å². The summed E-state index contributed by atoms with van der Waals surface area (Å²) in [5.41, 5.74) is -0.408. The smallest absolute Gasteiger partial charge is 0.264 e. The zero-order valence-electron chi connectivity index (χ0n) is 8.92. The highest BCUT2D eigenvalue weighted by molar-refractivity contribution is 7.92. The number of hydrogen-bond donors (Lipinski definition) is 2. The monoisotopic (exact) mass is 269 g/mol. The van der Waals surface area contributed by atoms with Gasteiger partial charge in [-0.05, 0) is 18.2 Å². The summed E-state index contributed by atoms with van der Waals surface area (Å²) < 4.78 is 38.4. The fraction of sp³-hybridized carbons (Fsp3) is 0. The van der Waals surface area contributed by atoms with Gasteiger partial charge in [0, 0.05) is 12.3 Å². The van der Waals surface area contributed by atoms with E-state index in [0.29, 0.717) is 0 Å². The zero-order valence-corrected chi connectivity index (χ0v) is 9.74. The number of rotatable bonds is 3. The second-order valence-electron chi connectivity index (χ2n) is 3.36. The second kappa shape index (κ2) is 4.57. The lowest BCUT2D eigenvalue weighted by molar-refractivity contribution is 0.600. The fourth-order valence-corrected chi connectivity index (χ4v) is 2.17. The Morgan fingerprint density at radius 1 is 1.22 bits per heavy atom. The van der Waals surface area contributed by atoms with Crippen LogP contribution in [-0.4, -0.2) is 18.4 Å². The molecule has 0 saturated heterocycles. The summed E-state index contributed by atoms with van der Waals surface area (Å²) >= 11 is 0. The van der Waals surface area contributed by atoms with Crippen LogP contribution in [0.25, 0.3) is 0 Å². The highest BCUT2D eigenvalue weighted by Crippen LogP contribution is 2.12. The Morgan fingerprint density at radius 3 is 2.56 bits per heavy atom. The number of pyridine rings is 2. The third kappa shape index (κ3) is 2.72. The Morgan fingerprint density at radius 2 is 2.00 bits per heavy atom. The van der Waals surface area contributed by atoms with Gasteiger partial charge < -0.3 is 4.98 Å². The average Bonchev–Trinajstić information content (AvgIpc) is 2.32. The van der Waals surface area contributed by atoms with Gasteiger partial charge in [0.1, 0.15) is 16.5 Å². The van der Waals surface area contributed by atoms with E-state index in [0.717, 1.165) is 30.6 Å². The van der Waals surface area contributed by atoms with Crippen LogP contribution in [0.15, 0.2) is 46.3 Å². The predicted octanol–water partition coefficient (Wildman–Crippen LogP) is 0.710. The molecular weight excluding hydrogens is 261 g/mol. The van der Waals surface area contributed by atoms with Crippen LogP contribution in [0.4, 0.5) is 10.2 Å². The number of aromatic nitrogens is 2. The van der Waals surface area contributed by atoms with Gasteiger partial charge in [0.15, 0.2) is 0 Å². The molecule has 2 rings (SSSR count). The topological polar surface area (TPSA) is 91.9 Å². The van der Waals surface area contributed by atoms with Crippen LogP contribution in [0.5, 0.6) is 0 Å². The molecule has 0 atom stereocenters. The van der Waals surface area contributed by atoms with Gasteiger partial charge in [0.2, 0.25) is 5.56 Å². The lowest BCUT2D eigenvalue weighted by Gasteiger charge is -2.06. The van der Waals surface area contributed by atoms with Gasteiger partial charge in [0.05, 0.1) is 6.20 Å². The minimum absolute atomic E-state index is 0.0115. The minimum Gasteiger partial charge on any atom is -0.328 e. The van der Waals surface area contributed by atoms with Gasteiger partial charge in [0.25, 0.3) is 10.0 Å². The molecule has 94 valence electrons. The molecule has 0 aliphatic rings. The molecule has 2 aromatic heterocycles. The molecule has 18 heavy (non-hydrogen) atoms. The molecule has 2 aromatic rings. The molecule has 0 amide bonds. The fourth-order valence-electron chi connectivity index (χ4n) is 1.20. The number of H-pyrrole nitrogens is 1. The summed E-state index contributed by atoms with van der Waals surface area (Å²) in [5, 5.41) is 0.